The van der Waals surface area contributed by atoms with E-state index in [2.05, 4.69) is 32.9 Å². The molecule has 0 N–H and O–H groups in total. The first-order valence-electron chi connectivity index (χ1n) is 29.9. The number of phosphoric ester groups is 1. The van der Waals surface area contributed by atoms with Crippen LogP contribution in [0, 0.1) is 0 Å². The molecule has 6 heterocycles. The van der Waals surface area contributed by atoms with E-state index < -0.39 is 25.9 Å². The second kappa shape index (κ2) is 22.5. The Kier molecular flexibility index (Phi) is 14.0. The van der Waals surface area contributed by atoms with Gasteiger partial charge in [0.15, 0.2) is 0 Å². The largest absolute Gasteiger partial charge is 0.647 e. The number of phosphoric acid groups is 1. The molecule has 3 fully saturated rings. The zero-order chi connectivity index (χ0) is 60.5. The van der Waals surface area contributed by atoms with Crippen LogP contribution >= 0.6 is 7.82 Å². The molecule has 6 bridgehead atoms. The van der Waals surface area contributed by atoms with Crippen LogP contribution in [0.15, 0.2) is 182 Å². The molecule has 6 aliphatic heterocycles. The van der Waals surface area contributed by atoms with Crippen molar-refractivity contribution in [1.82, 2.24) is 0 Å². The second-order valence-corrected chi connectivity index (χ2v) is 24.3. The lowest BCUT2D eigenvalue weighted by Gasteiger charge is -2.27. The number of anilines is 3. The standard InChI is InChI=1S/C72H60N3O13P/c1-80-52-25-31-58-46-16-28-55(64(37-46)73-34-4-7-61(73)70(76)83-67(58)40-52)43-10-19-49(20-11-43)86-89(79,87-50-21-12-44(13-22-50)56-29-17-47-38-65(56)74-35-5-8-62(74)71(77)84-68-41-53(81-2)26-32-59(47)68)88-51-23-14-45(15-24-51)57-30-18-48-39-66(57)75-36-6-9-63(75)72(78)85-69-42-54(82-3)27-33-60(48)69/h10-33,37-42,61-63H,4-9,34-36H2,1-3H3. The molecule has 0 saturated carbocycles. The van der Waals surface area contributed by atoms with Gasteiger partial charge in [-0.15, -0.1) is 0 Å². The highest BCUT2D eigenvalue weighted by Gasteiger charge is 2.40. The quantitative estimate of drug-likeness (QED) is 0.0645. The van der Waals surface area contributed by atoms with Gasteiger partial charge in [-0.05, 0) is 163 Å². The van der Waals surface area contributed by atoms with Crippen molar-refractivity contribution in [1.29, 1.82) is 0 Å². The van der Waals surface area contributed by atoms with E-state index in [1.54, 1.807) is 75.9 Å². The summed E-state index contributed by atoms with van der Waals surface area (Å²) in [5.74, 6) is 2.76. The Labute approximate surface area is 514 Å². The number of nitrogens with zero attached hydrogens (tertiary/aromatic N) is 3. The number of ether oxygens (including phenoxy) is 6. The minimum absolute atomic E-state index is 0.216. The summed E-state index contributed by atoms with van der Waals surface area (Å²) in [6.45, 7) is 2.00. The lowest BCUT2D eigenvalue weighted by atomic mass is 9.97. The third-order valence-corrected chi connectivity index (χ3v) is 19.1. The van der Waals surface area contributed by atoms with Crippen LogP contribution in [-0.4, -0.2) is 77.0 Å². The van der Waals surface area contributed by atoms with Gasteiger partial charge in [-0.2, -0.15) is 4.57 Å². The number of esters is 3. The minimum Gasteiger partial charge on any atom is -0.497 e. The van der Waals surface area contributed by atoms with Gasteiger partial charge in [0, 0.05) is 88.3 Å². The van der Waals surface area contributed by atoms with Crippen molar-refractivity contribution >= 4 is 42.8 Å². The Morgan fingerprint density at radius 2 is 0.596 bits per heavy atom. The number of carbonyl (C=O) groups is 3. The molecule has 9 aromatic carbocycles. The normalized spacial score (nSPS) is 18.4. The average Bonchev–Trinajstić information content (AvgIpc) is 1.82. The fourth-order valence-corrected chi connectivity index (χ4v) is 14.6. The fraction of sp³-hybridized carbons (Fsp3) is 0.208. The number of methoxy groups -OCH3 is 3. The van der Waals surface area contributed by atoms with E-state index in [0.717, 1.165) is 103 Å². The summed E-state index contributed by atoms with van der Waals surface area (Å²) in [5, 5.41) is 0. The third kappa shape index (κ3) is 10.3. The molecule has 6 aliphatic rings. The molecule has 17 heteroatoms. The Hall–Kier alpha value is -10.2. The predicted octanol–water partition coefficient (Wildman–Crippen LogP) is 15.0. The number of benzene rings is 9. The van der Waals surface area contributed by atoms with E-state index in [0.29, 0.717) is 73.4 Å². The van der Waals surface area contributed by atoms with Gasteiger partial charge in [-0.3, -0.25) is 0 Å². The molecule has 0 spiro atoms. The van der Waals surface area contributed by atoms with Gasteiger partial charge in [0.1, 0.15) is 69.9 Å². The maximum Gasteiger partial charge on any atom is 0.647 e. The van der Waals surface area contributed by atoms with Crippen molar-refractivity contribution in [3.05, 3.63) is 182 Å². The predicted molar refractivity (Wildman–Crippen MR) is 339 cm³/mol. The van der Waals surface area contributed by atoms with E-state index in [1.807, 2.05) is 109 Å². The zero-order valence-corrected chi connectivity index (χ0v) is 49.9. The zero-order valence-electron chi connectivity index (χ0n) is 49.0. The molecule has 0 amide bonds. The van der Waals surface area contributed by atoms with E-state index >= 15 is 4.57 Å². The highest BCUT2D eigenvalue weighted by Crippen LogP contribution is 2.53. The SMILES string of the molecule is COc1ccc2c(c1)OC(=O)C1CCCN1c1cc-2ccc1-c1ccc(OP(=O)(Oc2ccc(-c3ccc4cc3N3CCCC3C(=O)Oc3cc(OC)ccc3-4)cc2)Oc2ccc(-c3ccc4cc3N3CCCC3C(=O)Oc3cc(OC)ccc3-4)cc2)cc1. The first kappa shape index (κ1) is 55.4. The summed E-state index contributed by atoms with van der Waals surface area (Å²) in [4.78, 5) is 47.9. The van der Waals surface area contributed by atoms with Crippen LogP contribution in [0.5, 0.6) is 51.7 Å². The molecule has 3 saturated heterocycles. The molecule has 0 aliphatic carbocycles. The highest BCUT2D eigenvalue weighted by atomic mass is 31.2. The van der Waals surface area contributed by atoms with Gasteiger partial charge in [0.2, 0.25) is 0 Å². The van der Waals surface area contributed by atoms with Gasteiger partial charge in [-0.25, -0.2) is 14.4 Å². The summed E-state index contributed by atoms with van der Waals surface area (Å²) >= 11 is 0. The van der Waals surface area contributed by atoms with Gasteiger partial charge in [0.05, 0.1) is 21.3 Å². The highest BCUT2D eigenvalue weighted by molar-refractivity contribution is 7.49. The van der Waals surface area contributed by atoms with Crippen LogP contribution in [0.3, 0.4) is 0 Å². The van der Waals surface area contributed by atoms with Crippen LogP contribution in [0.2, 0.25) is 0 Å². The van der Waals surface area contributed by atoms with Gasteiger partial charge in [0.25, 0.3) is 0 Å². The molecule has 0 aromatic heterocycles. The van der Waals surface area contributed by atoms with Crippen molar-refractivity contribution in [2.45, 2.75) is 56.7 Å². The van der Waals surface area contributed by atoms with Crippen LogP contribution in [0.4, 0.5) is 17.1 Å². The molecule has 446 valence electrons. The van der Waals surface area contributed by atoms with E-state index in [9.17, 15) is 14.4 Å². The van der Waals surface area contributed by atoms with Gasteiger partial charge in [-0.1, -0.05) is 72.8 Å². The van der Waals surface area contributed by atoms with Crippen LogP contribution in [0.25, 0.3) is 66.8 Å². The number of carbonyl (C=O) groups excluding carboxylic acids is 3. The van der Waals surface area contributed by atoms with E-state index in [4.69, 9.17) is 42.0 Å². The second-order valence-electron chi connectivity index (χ2n) is 22.9. The first-order valence-corrected chi connectivity index (χ1v) is 31.4. The summed E-state index contributed by atoms with van der Waals surface area (Å²) < 4.78 is 69.5. The topological polar surface area (TPSA) is 161 Å². The average molecular weight is 1210 g/mol. The maximum absolute atomic E-state index is 15.6. The van der Waals surface area contributed by atoms with Gasteiger partial charge < -0.3 is 56.7 Å². The van der Waals surface area contributed by atoms with Crippen LogP contribution in [-0.2, 0) is 18.9 Å². The summed E-state index contributed by atoms with van der Waals surface area (Å²) in [6, 6.07) is 55.2. The summed E-state index contributed by atoms with van der Waals surface area (Å²) in [6.07, 6.45) is 4.38. The fourth-order valence-electron chi connectivity index (χ4n) is 13.4. The first-order chi connectivity index (χ1) is 43.5. The molecular formula is C72H60N3O13P. The van der Waals surface area contributed by atoms with E-state index in [1.165, 1.54) is 0 Å². The lowest BCUT2D eigenvalue weighted by molar-refractivity contribution is -0.136. The van der Waals surface area contributed by atoms with Crippen LogP contribution in [0.1, 0.15) is 38.5 Å². The van der Waals surface area contributed by atoms with Crippen molar-refractivity contribution in [2.24, 2.45) is 0 Å². The molecule has 15 rings (SSSR count). The molecule has 9 aromatic rings. The summed E-state index contributed by atoms with van der Waals surface area (Å²) in [5.41, 5.74) is 12.8. The number of hydrogen-bond acceptors (Lipinski definition) is 16. The molecule has 3 unspecified atom stereocenters. The van der Waals surface area contributed by atoms with Crippen molar-refractivity contribution < 1.29 is 60.9 Å². The van der Waals surface area contributed by atoms with E-state index in [-0.39, 0.29) is 35.2 Å². The summed E-state index contributed by atoms with van der Waals surface area (Å²) in [7, 11) is 0.139. The number of rotatable bonds is 12. The smallest absolute Gasteiger partial charge is 0.497 e. The van der Waals surface area contributed by atoms with Crippen molar-refractivity contribution in [3.8, 4) is 119 Å². The Morgan fingerprint density at radius 3 is 0.876 bits per heavy atom. The number of hydrogen-bond donors (Lipinski definition) is 0. The Balaban J connectivity index is 0.760. The van der Waals surface area contributed by atoms with Gasteiger partial charge >= 0.3 is 25.7 Å². The third-order valence-electron chi connectivity index (χ3n) is 17.8. The Bertz CT molecular complexity index is 3920. The molecule has 0 radical (unpaired) electrons. The minimum atomic E-state index is -4.61. The monoisotopic (exact) mass is 1210 g/mol. The van der Waals surface area contributed by atoms with Crippen molar-refractivity contribution in [3.63, 3.8) is 0 Å². The maximum atomic E-state index is 15.6. The molecule has 89 heavy (non-hydrogen) atoms. The molecular weight excluding hydrogens is 1150 g/mol. The van der Waals surface area contributed by atoms with Crippen molar-refractivity contribution in [2.75, 3.05) is 55.7 Å². The lowest BCUT2D eigenvalue weighted by Crippen LogP contribution is -2.38. The van der Waals surface area contributed by atoms with Crippen LogP contribution < -0.4 is 56.7 Å². The molecule has 16 nitrogen and oxygen atoms in total. The number of fused-ring (bicyclic) bond motifs is 18. The molecule has 3 atom stereocenters. The Morgan fingerprint density at radius 1 is 0.337 bits per heavy atom.